The van der Waals surface area contributed by atoms with E-state index in [1.165, 1.54) is 6.07 Å². The summed E-state index contributed by atoms with van der Waals surface area (Å²) in [6.07, 6.45) is 1.56. The van der Waals surface area contributed by atoms with Crippen LogP contribution < -0.4 is 0 Å². The van der Waals surface area contributed by atoms with Gasteiger partial charge in [-0.05, 0) is 37.6 Å². The van der Waals surface area contributed by atoms with Gasteiger partial charge in [-0.25, -0.2) is 4.39 Å². The normalized spacial score (nSPS) is 28.7. The number of Topliss-reactive ketones (excluding diaryl/α,β-unsaturated/α-hetero) is 1. The number of carbonyl (C=O) groups excluding carboxylic acids is 1. The van der Waals surface area contributed by atoms with Crippen molar-refractivity contribution in [1.82, 2.24) is 4.90 Å². The number of rotatable bonds is 0. The largest absolute Gasteiger partial charge is 0.306 e. The average molecular weight is 233 g/mol. The lowest BCUT2D eigenvalue weighted by Crippen LogP contribution is -2.40. The molecule has 17 heavy (non-hydrogen) atoms. The van der Waals surface area contributed by atoms with E-state index in [9.17, 15) is 9.18 Å². The molecule has 3 heteroatoms. The van der Waals surface area contributed by atoms with Gasteiger partial charge in [0.2, 0.25) is 0 Å². The molecule has 0 bridgehead atoms. The molecule has 2 aliphatic rings. The van der Waals surface area contributed by atoms with Crippen LogP contribution in [0.3, 0.4) is 0 Å². The van der Waals surface area contributed by atoms with Gasteiger partial charge in [0.25, 0.3) is 0 Å². The van der Waals surface area contributed by atoms with Crippen molar-refractivity contribution in [3.63, 3.8) is 0 Å². The Hall–Kier alpha value is -1.22. The molecule has 1 heterocycles. The van der Waals surface area contributed by atoms with E-state index >= 15 is 0 Å². The summed E-state index contributed by atoms with van der Waals surface area (Å²) < 4.78 is 13.7. The maximum atomic E-state index is 13.7. The number of fused-ring (bicyclic) bond motifs is 3. The average Bonchev–Trinajstić information content (AvgIpc) is 2.30. The van der Waals surface area contributed by atoms with E-state index in [2.05, 4.69) is 11.9 Å². The Kier molecular flexibility index (Phi) is 2.51. The van der Waals surface area contributed by atoms with Crippen LogP contribution in [0.1, 0.15) is 34.7 Å². The lowest BCUT2D eigenvalue weighted by molar-refractivity contribution is 0.0881. The lowest BCUT2D eigenvalue weighted by Gasteiger charge is -2.40. The van der Waals surface area contributed by atoms with Crippen molar-refractivity contribution in [2.75, 3.05) is 20.1 Å². The quantitative estimate of drug-likeness (QED) is 0.686. The smallest absolute Gasteiger partial charge is 0.166 e. The second kappa shape index (κ2) is 3.91. The standard InChI is InChI=1S/C14H16FNO/c1-16-6-5-9-7-13(17)14-10(11(9)8-16)3-2-4-12(14)15/h2-4,9,11H,5-8H2,1H3/t9-,11+/m0/s1. The highest BCUT2D eigenvalue weighted by molar-refractivity contribution is 5.99. The van der Waals surface area contributed by atoms with Gasteiger partial charge in [-0.1, -0.05) is 12.1 Å². The third kappa shape index (κ3) is 1.69. The molecule has 2 nitrogen and oxygen atoms in total. The number of benzene rings is 1. The molecule has 1 fully saturated rings. The molecule has 0 radical (unpaired) electrons. The molecule has 0 spiro atoms. The zero-order valence-corrected chi connectivity index (χ0v) is 9.95. The number of carbonyl (C=O) groups is 1. The number of likely N-dealkylation sites (tertiary alicyclic amines) is 1. The molecule has 1 aromatic rings. The molecule has 3 rings (SSSR count). The number of ketones is 1. The molecule has 1 aliphatic heterocycles. The van der Waals surface area contributed by atoms with Gasteiger partial charge in [0.1, 0.15) is 5.82 Å². The summed E-state index contributed by atoms with van der Waals surface area (Å²) in [5.41, 5.74) is 1.28. The second-order valence-electron chi connectivity index (χ2n) is 5.25. The van der Waals surface area contributed by atoms with Gasteiger partial charge in [-0.3, -0.25) is 4.79 Å². The Morgan fingerprint density at radius 2 is 2.24 bits per heavy atom. The monoisotopic (exact) mass is 233 g/mol. The maximum absolute atomic E-state index is 13.7. The van der Waals surface area contributed by atoms with E-state index in [-0.39, 0.29) is 11.6 Å². The zero-order chi connectivity index (χ0) is 12.0. The van der Waals surface area contributed by atoms with Crippen molar-refractivity contribution < 1.29 is 9.18 Å². The van der Waals surface area contributed by atoms with Gasteiger partial charge < -0.3 is 4.90 Å². The highest BCUT2D eigenvalue weighted by atomic mass is 19.1. The zero-order valence-electron chi connectivity index (χ0n) is 9.95. The fourth-order valence-corrected chi connectivity index (χ4v) is 3.24. The first-order valence-corrected chi connectivity index (χ1v) is 6.17. The molecule has 0 unspecified atom stereocenters. The summed E-state index contributed by atoms with van der Waals surface area (Å²) >= 11 is 0. The van der Waals surface area contributed by atoms with Crippen LogP contribution in [0.4, 0.5) is 4.39 Å². The molecule has 0 saturated carbocycles. The predicted molar refractivity (Wildman–Crippen MR) is 63.7 cm³/mol. The Labute approximate surface area is 100 Å². The molecular formula is C14H16FNO. The molecule has 1 aliphatic carbocycles. The molecule has 1 aromatic carbocycles. The number of likely N-dealkylation sites (N-methyl/N-ethyl adjacent to an activating group) is 1. The number of piperidine rings is 1. The number of nitrogens with zero attached hydrogens (tertiary/aromatic N) is 1. The Morgan fingerprint density at radius 1 is 1.41 bits per heavy atom. The van der Waals surface area contributed by atoms with Gasteiger partial charge in [-0.15, -0.1) is 0 Å². The van der Waals surface area contributed by atoms with E-state index in [1.54, 1.807) is 6.07 Å². The van der Waals surface area contributed by atoms with Crippen molar-refractivity contribution in [2.24, 2.45) is 5.92 Å². The van der Waals surface area contributed by atoms with Gasteiger partial charge >= 0.3 is 0 Å². The minimum atomic E-state index is -0.348. The van der Waals surface area contributed by atoms with Gasteiger partial charge in [0.15, 0.2) is 5.78 Å². The molecule has 1 saturated heterocycles. The molecular weight excluding hydrogens is 217 g/mol. The van der Waals surface area contributed by atoms with Crippen LogP contribution in [0.5, 0.6) is 0 Å². The molecule has 0 amide bonds. The van der Waals surface area contributed by atoms with E-state index in [4.69, 9.17) is 0 Å². The van der Waals surface area contributed by atoms with Crippen LogP contribution in [0.2, 0.25) is 0 Å². The van der Waals surface area contributed by atoms with Gasteiger partial charge in [0.05, 0.1) is 5.56 Å². The highest BCUT2D eigenvalue weighted by Crippen LogP contribution is 2.41. The summed E-state index contributed by atoms with van der Waals surface area (Å²) in [6, 6.07) is 5.04. The first kappa shape index (κ1) is 10.9. The van der Waals surface area contributed by atoms with Crippen LogP contribution in [0, 0.1) is 11.7 Å². The van der Waals surface area contributed by atoms with E-state index in [1.807, 2.05) is 6.07 Å². The minimum Gasteiger partial charge on any atom is -0.306 e. The SMILES string of the molecule is CN1CC[C@H]2CC(=O)c3c(F)cccc3[C@@H]2C1. The Balaban J connectivity index is 2.08. The third-order valence-corrected chi connectivity index (χ3v) is 4.13. The van der Waals surface area contributed by atoms with Crippen molar-refractivity contribution in [2.45, 2.75) is 18.8 Å². The van der Waals surface area contributed by atoms with Crippen molar-refractivity contribution in [3.8, 4) is 0 Å². The summed E-state index contributed by atoms with van der Waals surface area (Å²) in [7, 11) is 2.09. The molecule has 0 aromatic heterocycles. The predicted octanol–water partition coefficient (Wildman–Crippen LogP) is 2.45. The van der Waals surface area contributed by atoms with Crippen LogP contribution >= 0.6 is 0 Å². The number of hydrogen-bond acceptors (Lipinski definition) is 2. The van der Waals surface area contributed by atoms with Gasteiger partial charge in [0, 0.05) is 18.9 Å². The lowest BCUT2D eigenvalue weighted by atomic mass is 9.71. The number of hydrogen-bond donors (Lipinski definition) is 0. The minimum absolute atomic E-state index is 0.0103. The topological polar surface area (TPSA) is 20.3 Å². The maximum Gasteiger partial charge on any atom is 0.166 e. The highest BCUT2D eigenvalue weighted by Gasteiger charge is 2.38. The number of halogens is 1. The van der Waals surface area contributed by atoms with E-state index in [0.29, 0.717) is 23.8 Å². The van der Waals surface area contributed by atoms with Crippen molar-refractivity contribution in [3.05, 3.63) is 35.1 Å². The van der Waals surface area contributed by atoms with Crippen molar-refractivity contribution in [1.29, 1.82) is 0 Å². The van der Waals surface area contributed by atoms with E-state index < -0.39 is 0 Å². The summed E-state index contributed by atoms with van der Waals surface area (Å²) in [4.78, 5) is 14.3. The first-order valence-electron chi connectivity index (χ1n) is 6.17. The molecule has 90 valence electrons. The van der Waals surface area contributed by atoms with Gasteiger partial charge in [-0.2, -0.15) is 0 Å². The third-order valence-electron chi connectivity index (χ3n) is 4.13. The summed E-state index contributed by atoms with van der Waals surface area (Å²) in [5.74, 6) is 0.383. The molecule has 2 atom stereocenters. The summed E-state index contributed by atoms with van der Waals surface area (Å²) in [5, 5.41) is 0. The van der Waals surface area contributed by atoms with Crippen LogP contribution in [0.15, 0.2) is 18.2 Å². The Morgan fingerprint density at radius 3 is 3.06 bits per heavy atom. The van der Waals surface area contributed by atoms with Crippen LogP contribution in [-0.2, 0) is 0 Å². The van der Waals surface area contributed by atoms with Crippen LogP contribution in [0.25, 0.3) is 0 Å². The fraction of sp³-hybridized carbons (Fsp3) is 0.500. The second-order valence-corrected chi connectivity index (χ2v) is 5.25. The molecule has 0 N–H and O–H groups in total. The van der Waals surface area contributed by atoms with Crippen molar-refractivity contribution >= 4 is 5.78 Å². The first-order chi connectivity index (χ1) is 8.16. The van der Waals surface area contributed by atoms with E-state index in [0.717, 1.165) is 25.1 Å². The summed E-state index contributed by atoms with van der Waals surface area (Å²) in [6.45, 7) is 1.98. The fourth-order valence-electron chi connectivity index (χ4n) is 3.24. The van der Waals surface area contributed by atoms with Crippen LogP contribution in [-0.4, -0.2) is 30.8 Å². The Bertz CT molecular complexity index is 471.